The Morgan fingerprint density at radius 2 is 1.56 bits per heavy atom. The molecule has 2 atom stereocenters. The molecule has 7 nitrogen and oxygen atoms in total. The highest BCUT2D eigenvalue weighted by Crippen LogP contribution is 2.21. The lowest BCUT2D eigenvalue weighted by Gasteiger charge is -2.34. The molecule has 8 heteroatoms. The van der Waals surface area contributed by atoms with Crippen LogP contribution in [0.15, 0.2) is 24.3 Å². The summed E-state index contributed by atoms with van der Waals surface area (Å²) in [5.41, 5.74) is 7.97. The van der Waals surface area contributed by atoms with Crippen LogP contribution in [0.1, 0.15) is 72.3 Å². The standard InChI is InChI=1S/C26H42N4O3.ClH/c1-16(2)15-22(27)26(33)30-13-11-20(12-14-30)24(31)29-23(18(5)6)25(32)28-21-9-7-19(8-10-21)17(3)4;/h7-10,16-18,20,22-23H,11-15,27H2,1-6H3,(H,28,32)(H,29,31);1H/t22-,23-;/m0./s1. The van der Waals surface area contributed by atoms with Gasteiger partial charge in [0.2, 0.25) is 17.7 Å². The number of nitrogens with two attached hydrogens (primary N) is 1. The van der Waals surface area contributed by atoms with Crippen LogP contribution in [0.4, 0.5) is 5.69 Å². The monoisotopic (exact) mass is 494 g/mol. The van der Waals surface area contributed by atoms with E-state index in [4.69, 9.17) is 5.73 Å². The van der Waals surface area contributed by atoms with E-state index in [0.717, 1.165) is 0 Å². The first kappa shape index (κ1) is 29.9. The van der Waals surface area contributed by atoms with Crippen LogP contribution in [0.5, 0.6) is 0 Å². The molecule has 1 aliphatic heterocycles. The van der Waals surface area contributed by atoms with Crippen LogP contribution in [0.2, 0.25) is 0 Å². The molecule has 1 fully saturated rings. The third-order valence-electron chi connectivity index (χ3n) is 6.31. The molecule has 192 valence electrons. The molecular formula is C26H43ClN4O3. The van der Waals surface area contributed by atoms with E-state index in [2.05, 4.69) is 24.5 Å². The van der Waals surface area contributed by atoms with Gasteiger partial charge in [0.15, 0.2) is 0 Å². The van der Waals surface area contributed by atoms with E-state index in [9.17, 15) is 14.4 Å². The van der Waals surface area contributed by atoms with E-state index < -0.39 is 12.1 Å². The Morgan fingerprint density at radius 1 is 1.00 bits per heavy atom. The van der Waals surface area contributed by atoms with Gasteiger partial charge in [0.05, 0.1) is 6.04 Å². The van der Waals surface area contributed by atoms with Gasteiger partial charge in [0, 0.05) is 24.7 Å². The van der Waals surface area contributed by atoms with Crippen molar-refractivity contribution in [2.45, 2.75) is 78.8 Å². The Balaban J connectivity index is 0.00000578. The van der Waals surface area contributed by atoms with Crippen molar-refractivity contribution in [3.8, 4) is 0 Å². The number of hydrogen-bond donors (Lipinski definition) is 3. The number of nitrogens with zero attached hydrogens (tertiary/aromatic N) is 1. The molecular weight excluding hydrogens is 452 g/mol. The molecule has 1 aliphatic rings. The summed E-state index contributed by atoms with van der Waals surface area (Å²) in [7, 11) is 0. The lowest BCUT2D eigenvalue weighted by atomic mass is 9.93. The molecule has 0 radical (unpaired) electrons. The van der Waals surface area contributed by atoms with Crippen molar-refractivity contribution < 1.29 is 14.4 Å². The van der Waals surface area contributed by atoms with E-state index in [1.165, 1.54) is 5.56 Å². The molecule has 1 aromatic rings. The lowest BCUT2D eigenvalue weighted by Crippen LogP contribution is -2.52. The minimum atomic E-state index is -0.624. The second-order valence-corrected chi connectivity index (χ2v) is 10.3. The van der Waals surface area contributed by atoms with E-state index in [1.807, 2.05) is 52.0 Å². The van der Waals surface area contributed by atoms with Gasteiger partial charge in [-0.3, -0.25) is 14.4 Å². The summed E-state index contributed by atoms with van der Waals surface area (Å²) >= 11 is 0. The van der Waals surface area contributed by atoms with Crippen molar-refractivity contribution in [3.05, 3.63) is 29.8 Å². The highest BCUT2D eigenvalue weighted by atomic mass is 35.5. The zero-order chi connectivity index (χ0) is 24.7. The van der Waals surface area contributed by atoms with Gasteiger partial charge in [-0.05, 0) is 54.7 Å². The molecule has 1 saturated heterocycles. The zero-order valence-electron chi connectivity index (χ0n) is 21.5. The van der Waals surface area contributed by atoms with Gasteiger partial charge in [0.1, 0.15) is 6.04 Å². The Labute approximate surface area is 211 Å². The summed E-state index contributed by atoms with van der Waals surface area (Å²) in [6, 6.07) is 6.68. The van der Waals surface area contributed by atoms with Gasteiger partial charge >= 0.3 is 0 Å². The molecule has 0 spiro atoms. The molecule has 4 N–H and O–H groups in total. The molecule has 0 saturated carbocycles. The molecule has 0 bridgehead atoms. The number of hydrogen-bond acceptors (Lipinski definition) is 4. The van der Waals surface area contributed by atoms with Crippen molar-refractivity contribution in [1.29, 1.82) is 0 Å². The summed E-state index contributed by atoms with van der Waals surface area (Å²) in [6.07, 6.45) is 1.81. The predicted octanol–water partition coefficient (Wildman–Crippen LogP) is 3.92. The van der Waals surface area contributed by atoms with Gasteiger partial charge in [-0.15, -0.1) is 12.4 Å². The Hall–Kier alpha value is -2.12. The minimum absolute atomic E-state index is 0. The largest absolute Gasteiger partial charge is 0.344 e. The first-order chi connectivity index (χ1) is 15.5. The average molecular weight is 495 g/mol. The Morgan fingerprint density at radius 3 is 2.03 bits per heavy atom. The van der Waals surface area contributed by atoms with Crippen molar-refractivity contribution in [3.63, 3.8) is 0 Å². The number of likely N-dealkylation sites (tertiary alicyclic amines) is 1. The number of rotatable bonds is 9. The van der Waals surface area contributed by atoms with E-state index >= 15 is 0 Å². The van der Waals surface area contributed by atoms with E-state index in [1.54, 1.807) is 4.90 Å². The van der Waals surface area contributed by atoms with Crippen molar-refractivity contribution in [2.24, 2.45) is 23.5 Å². The third kappa shape index (κ3) is 8.58. The van der Waals surface area contributed by atoms with Crippen LogP contribution in [0, 0.1) is 17.8 Å². The summed E-state index contributed by atoms with van der Waals surface area (Å²) in [6.45, 7) is 13.2. The maximum Gasteiger partial charge on any atom is 0.247 e. The van der Waals surface area contributed by atoms with Crippen molar-refractivity contribution in [2.75, 3.05) is 18.4 Å². The maximum atomic E-state index is 12.9. The molecule has 34 heavy (non-hydrogen) atoms. The van der Waals surface area contributed by atoms with Gasteiger partial charge in [-0.25, -0.2) is 0 Å². The molecule has 0 aliphatic carbocycles. The van der Waals surface area contributed by atoms with Crippen molar-refractivity contribution in [1.82, 2.24) is 10.2 Å². The van der Waals surface area contributed by atoms with Gasteiger partial charge in [-0.1, -0.05) is 53.7 Å². The fourth-order valence-electron chi connectivity index (χ4n) is 4.18. The maximum absolute atomic E-state index is 12.9. The van der Waals surface area contributed by atoms with Crippen LogP contribution in [0.25, 0.3) is 0 Å². The number of benzene rings is 1. The summed E-state index contributed by atoms with van der Waals surface area (Å²) in [5, 5.41) is 5.88. The number of halogens is 1. The van der Waals surface area contributed by atoms with Gasteiger partial charge in [-0.2, -0.15) is 0 Å². The predicted molar refractivity (Wildman–Crippen MR) is 140 cm³/mol. The molecule has 2 rings (SSSR count). The zero-order valence-corrected chi connectivity index (χ0v) is 22.3. The number of nitrogens with one attached hydrogen (secondary N) is 2. The van der Waals surface area contributed by atoms with Crippen LogP contribution < -0.4 is 16.4 Å². The van der Waals surface area contributed by atoms with Crippen LogP contribution in [-0.2, 0) is 14.4 Å². The summed E-state index contributed by atoms with van der Waals surface area (Å²) < 4.78 is 0. The van der Waals surface area contributed by atoms with E-state index in [-0.39, 0.29) is 42.0 Å². The first-order valence-electron chi connectivity index (χ1n) is 12.2. The summed E-state index contributed by atoms with van der Waals surface area (Å²) in [5.74, 6) is 0.130. The number of carbonyl (C=O) groups is 3. The van der Waals surface area contributed by atoms with E-state index in [0.29, 0.717) is 49.9 Å². The quantitative estimate of drug-likeness (QED) is 0.483. The molecule has 1 heterocycles. The van der Waals surface area contributed by atoms with Crippen LogP contribution >= 0.6 is 12.4 Å². The van der Waals surface area contributed by atoms with Crippen LogP contribution in [-0.4, -0.2) is 47.8 Å². The highest BCUT2D eigenvalue weighted by molar-refractivity contribution is 5.97. The number of piperidine rings is 1. The molecule has 0 aromatic heterocycles. The van der Waals surface area contributed by atoms with Crippen molar-refractivity contribution >= 4 is 35.8 Å². The van der Waals surface area contributed by atoms with Gasteiger partial charge < -0.3 is 21.3 Å². The summed E-state index contributed by atoms with van der Waals surface area (Å²) in [4.78, 5) is 40.1. The second kappa shape index (κ2) is 13.7. The Kier molecular flexibility index (Phi) is 12.0. The topological polar surface area (TPSA) is 105 Å². The first-order valence-corrected chi connectivity index (χ1v) is 12.2. The van der Waals surface area contributed by atoms with Gasteiger partial charge in [0.25, 0.3) is 0 Å². The average Bonchev–Trinajstić information content (AvgIpc) is 2.76. The number of carbonyl (C=O) groups excluding carboxylic acids is 3. The third-order valence-corrected chi connectivity index (χ3v) is 6.31. The lowest BCUT2D eigenvalue weighted by molar-refractivity contribution is -0.137. The number of amides is 3. The molecule has 1 aromatic carbocycles. The fourth-order valence-corrected chi connectivity index (χ4v) is 4.18. The SMILES string of the molecule is CC(C)C[C@H](N)C(=O)N1CCC(C(=O)N[C@H](C(=O)Nc2ccc(C(C)C)cc2)C(C)C)CC1.Cl. The Bertz CT molecular complexity index is 803. The highest BCUT2D eigenvalue weighted by Gasteiger charge is 2.32. The smallest absolute Gasteiger partial charge is 0.247 e. The molecule has 3 amide bonds. The minimum Gasteiger partial charge on any atom is -0.344 e. The normalized spacial score (nSPS) is 16.2. The number of anilines is 1. The molecule has 0 unspecified atom stereocenters. The fraction of sp³-hybridized carbons (Fsp3) is 0.654. The van der Waals surface area contributed by atoms with Crippen LogP contribution in [0.3, 0.4) is 0 Å². The second-order valence-electron chi connectivity index (χ2n) is 10.3.